The normalized spacial score (nSPS) is 10.9. The summed E-state index contributed by atoms with van der Waals surface area (Å²) < 4.78 is 10.5. The van der Waals surface area contributed by atoms with Gasteiger partial charge in [-0.3, -0.25) is 0 Å². The second-order valence-electron chi connectivity index (χ2n) is 3.79. The Labute approximate surface area is 97.2 Å². The Morgan fingerprint density at radius 3 is 2.59 bits per heavy atom. The van der Waals surface area contributed by atoms with Crippen molar-refractivity contribution in [2.45, 2.75) is 0 Å². The first kappa shape index (κ1) is 9.90. The highest BCUT2D eigenvalue weighted by Gasteiger charge is 2.06. The fraction of sp³-hybridized carbons (Fsp3) is 0.0714. The molecule has 1 aromatic heterocycles. The lowest BCUT2D eigenvalue weighted by Gasteiger charge is -2.06. The van der Waals surface area contributed by atoms with Crippen molar-refractivity contribution in [2.24, 2.45) is 0 Å². The van der Waals surface area contributed by atoms with Gasteiger partial charge >= 0.3 is 5.63 Å². The van der Waals surface area contributed by atoms with E-state index in [4.69, 9.17) is 9.15 Å². The average molecular weight is 226 g/mol. The van der Waals surface area contributed by atoms with Crippen molar-refractivity contribution in [3.8, 4) is 5.75 Å². The van der Waals surface area contributed by atoms with Crippen LogP contribution in [0.3, 0.4) is 0 Å². The second-order valence-corrected chi connectivity index (χ2v) is 3.79. The van der Waals surface area contributed by atoms with Gasteiger partial charge in [0.05, 0.1) is 7.11 Å². The lowest BCUT2D eigenvalue weighted by molar-refractivity contribution is 0.420. The minimum atomic E-state index is -0.334. The summed E-state index contributed by atoms with van der Waals surface area (Å²) in [7, 11) is 1.64. The molecule has 0 aliphatic carbocycles. The summed E-state index contributed by atoms with van der Waals surface area (Å²) in [6, 6.07) is 12.7. The van der Waals surface area contributed by atoms with Crippen LogP contribution in [-0.2, 0) is 0 Å². The highest BCUT2D eigenvalue weighted by molar-refractivity contribution is 6.07. The van der Waals surface area contributed by atoms with Gasteiger partial charge in [0.1, 0.15) is 11.3 Å². The lowest BCUT2D eigenvalue weighted by atomic mass is 10.1. The molecule has 1 heterocycles. The smallest absolute Gasteiger partial charge is 0.336 e. The maximum Gasteiger partial charge on any atom is 0.336 e. The molecule has 0 spiro atoms. The molecule has 3 nitrogen and oxygen atoms in total. The zero-order valence-electron chi connectivity index (χ0n) is 9.27. The average Bonchev–Trinajstić information content (AvgIpc) is 2.37. The van der Waals surface area contributed by atoms with Crippen molar-refractivity contribution in [1.29, 1.82) is 0 Å². The summed E-state index contributed by atoms with van der Waals surface area (Å²) in [6.07, 6.45) is 0. The molecule has 0 aliphatic rings. The van der Waals surface area contributed by atoms with Crippen LogP contribution in [0.2, 0.25) is 0 Å². The molecule has 2 aromatic carbocycles. The molecule has 0 aliphatic heterocycles. The Hall–Kier alpha value is -2.29. The van der Waals surface area contributed by atoms with Crippen molar-refractivity contribution in [3.05, 3.63) is 52.9 Å². The maximum atomic E-state index is 11.2. The van der Waals surface area contributed by atoms with Crippen LogP contribution in [0.1, 0.15) is 0 Å². The van der Waals surface area contributed by atoms with Crippen molar-refractivity contribution in [2.75, 3.05) is 7.11 Å². The first-order valence-corrected chi connectivity index (χ1v) is 5.29. The topological polar surface area (TPSA) is 39.4 Å². The van der Waals surface area contributed by atoms with Gasteiger partial charge in [-0.15, -0.1) is 0 Å². The zero-order chi connectivity index (χ0) is 11.8. The van der Waals surface area contributed by atoms with Gasteiger partial charge in [0.25, 0.3) is 0 Å². The summed E-state index contributed by atoms with van der Waals surface area (Å²) >= 11 is 0. The molecular formula is C14H10O3. The standard InChI is InChI=1S/C14H10O3/c1-16-12-4-2-3-9-10(12)5-7-13-11(9)6-8-14(15)17-13/h2-8H,1H3. The van der Waals surface area contributed by atoms with Crippen molar-refractivity contribution in [1.82, 2.24) is 0 Å². The van der Waals surface area contributed by atoms with E-state index in [0.717, 1.165) is 21.9 Å². The molecule has 3 heteroatoms. The monoisotopic (exact) mass is 226 g/mol. The minimum Gasteiger partial charge on any atom is -0.496 e. The molecule has 17 heavy (non-hydrogen) atoms. The predicted octanol–water partition coefficient (Wildman–Crippen LogP) is 2.95. The van der Waals surface area contributed by atoms with Crippen molar-refractivity contribution in [3.63, 3.8) is 0 Å². The van der Waals surface area contributed by atoms with Gasteiger partial charge in [0.2, 0.25) is 0 Å². The summed E-state index contributed by atoms with van der Waals surface area (Å²) in [5.41, 5.74) is 0.262. The fourth-order valence-corrected chi connectivity index (χ4v) is 2.07. The number of methoxy groups -OCH3 is 1. The Morgan fingerprint density at radius 1 is 0.941 bits per heavy atom. The van der Waals surface area contributed by atoms with Crippen LogP contribution in [0.25, 0.3) is 21.7 Å². The summed E-state index contributed by atoms with van der Waals surface area (Å²) in [5, 5.41) is 2.95. The first-order valence-electron chi connectivity index (χ1n) is 5.29. The van der Waals surface area contributed by atoms with E-state index in [1.165, 1.54) is 6.07 Å². The molecule has 84 valence electrons. The predicted molar refractivity (Wildman–Crippen MR) is 66.5 cm³/mol. The molecule has 0 amide bonds. The molecule has 0 unspecified atom stereocenters. The van der Waals surface area contributed by atoms with Gasteiger partial charge in [-0.05, 0) is 29.7 Å². The van der Waals surface area contributed by atoms with E-state index in [0.29, 0.717) is 5.58 Å². The summed E-state index contributed by atoms with van der Waals surface area (Å²) in [5.74, 6) is 0.815. The molecule has 3 rings (SSSR count). The third-order valence-corrected chi connectivity index (χ3v) is 2.84. The molecule has 0 radical (unpaired) electrons. The Bertz CT molecular complexity index is 756. The Balaban J connectivity index is 2.52. The van der Waals surface area contributed by atoms with Gasteiger partial charge in [-0.1, -0.05) is 12.1 Å². The highest BCUT2D eigenvalue weighted by Crippen LogP contribution is 2.30. The van der Waals surface area contributed by atoms with Crippen LogP contribution in [0.5, 0.6) is 5.75 Å². The molecule has 3 aromatic rings. The summed E-state index contributed by atoms with van der Waals surface area (Å²) in [6.45, 7) is 0. The van der Waals surface area contributed by atoms with E-state index in [-0.39, 0.29) is 5.63 Å². The van der Waals surface area contributed by atoms with E-state index in [2.05, 4.69) is 0 Å². The number of rotatable bonds is 1. The van der Waals surface area contributed by atoms with Crippen LogP contribution < -0.4 is 10.4 Å². The minimum absolute atomic E-state index is 0.334. The highest BCUT2D eigenvalue weighted by atomic mass is 16.5. The fourth-order valence-electron chi connectivity index (χ4n) is 2.07. The van der Waals surface area contributed by atoms with Gasteiger partial charge < -0.3 is 9.15 Å². The van der Waals surface area contributed by atoms with E-state index in [1.807, 2.05) is 24.3 Å². The number of benzene rings is 2. The first-order chi connectivity index (χ1) is 8.29. The van der Waals surface area contributed by atoms with Crippen LogP contribution in [-0.4, -0.2) is 7.11 Å². The molecule has 0 bridgehead atoms. The molecule has 0 atom stereocenters. The lowest BCUT2D eigenvalue weighted by Crippen LogP contribution is -1.94. The third kappa shape index (κ3) is 1.47. The molecule has 0 saturated carbocycles. The van der Waals surface area contributed by atoms with Crippen molar-refractivity contribution < 1.29 is 9.15 Å². The van der Waals surface area contributed by atoms with E-state index < -0.39 is 0 Å². The number of hydrogen-bond acceptors (Lipinski definition) is 3. The number of ether oxygens (including phenoxy) is 1. The molecule has 0 N–H and O–H groups in total. The van der Waals surface area contributed by atoms with Gasteiger partial charge in [0.15, 0.2) is 0 Å². The number of fused-ring (bicyclic) bond motifs is 3. The van der Waals surface area contributed by atoms with Gasteiger partial charge in [-0.25, -0.2) is 4.79 Å². The Kier molecular flexibility index (Phi) is 2.11. The molecule has 0 fully saturated rings. The van der Waals surface area contributed by atoms with Gasteiger partial charge in [0, 0.05) is 16.8 Å². The third-order valence-electron chi connectivity index (χ3n) is 2.84. The number of hydrogen-bond donors (Lipinski definition) is 0. The van der Waals surface area contributed by atoms with E-state index >= 15 is 0 Å². The summed E-state index contributed by atoms with van der Waals surface area (Å²) in [4.78, 5) is 11.2. The molecule has 0 saturated heterocycles. The van der Waals surface area contributed by atoms with Crippen LogP contribution in [0.4, 0.5) is 0 Å². The SMILES string of the molecule is COc1cccc2c1ccc1oc(=O)ccc12. The van der Waals surface area contributed by atoms with Crippen molar-refractivity contribution >= 4 is 21.7 Å². The van der Waals surface area contributed by atoms with Crippen LogP contribution in [0.15, 0.2) is 51.7 Å². The maximum absolute atomic E-state index is 11.2. The van der Waals surface area contributed by atoms with Crippen LogP contribution in [0, 0.1) is 0 Å². The van der Waals surface area contributed by atoms with E-state index in [9.17, 15) is 4.79 Å². The van der Waals surface area contributed by atoms with Crippen LogP contribution >= 0.6 is 0 Å². The van der Waals surface area contributed by atoms with Gasteiger partial charge in [-0.2, -0.15) is 0 Å². The second kappa shape index (κ2) is 3.63. The largest absolute Gasteiger partial charge is 0.496 e. The quantitative estimate of drug-likeness (QED) is 0.473. The Morgan fingerprint density at radius 2 is 1.76 bits per heavy atom. The molecular weight excluding hydrogens is 216 g/mol. The zero-order valence-corrected chi connectivity index (χ0v) is 9.27. The van der Waals surface area contributed by atoms with E-state index in [1.54, 1.807) is 19.2 Å².